The first-order valence-electron chi connectivity index (χ1n) is 8.19. The zero-order valence-corrected chi connectivity index (χ0v) is 13.2. The van der Waals surface area contributed by atoms with E-state index in [1.807, 2.05) is 0 Å². The van der Waals surface area contributed by atoms with Gasteiger partial charge < -0.3 is 10.1 Å². The van der Waals surface area contributed by atoms with E-state index in [-0.39, 0.29) is 0 Å². The molecule has 0 bridgehead atoms. The fourth-order valence-electron chi connectivity index (χ4n) is 3.12. The van der Waals surface area contributed by atoms with Gasteiger partial charge in [-0.3, -0.25) is 0 Å². The third kappa shape index (κ3) is 4.24. The third-order valence-corrected chi connectivity index (χ3v) is 4.39. The molecule has 2 heteroatoms. The van der Waals surface area contributed by atoms with Crippen molar-refractivity contribution >= 4 is 0 Å². The molecule has 0 amide bonds. The second-order valence-corrected chi connectivity index (χ2v) is 6.07. The van der Waals surface area contributed by atoms with Crippen LogP contribution in [0.1, 0.15) is 57.1 Å². The fraction of sp³-hybridized carbons (Fsp3) is 0.667. The third-order valence-electron chi connectivity index (χ3n) is 4.39. The standard InChI is InChI=1S/C18H29NO/c1-4-15-7-6-8-17(12-15)20-18-10-9-14(3)11-16(18)13-19-5-2/h9-11,15,17,19H,4-8,12-13H2,1-3H3. The van der Waals surface area contributed by atoms with Gasteiger partial charge in [0.05, 0.1) is 6.10 Å². The maximum absolute atomic E-state index is 6.33. The molecule has 1 saturated carbocycles. The Hall–Kier alpha value is -1.02. The van der Waals surface area contributed by atoms with E-state index < -0.39 is 0 Å². The van der Waals surface area contributed by atoms with Crippen LogP contribution in [-0.2, 0) is 6.54 Å². The number of aryl methyl sites for hydroxylation is 1. The first-order valence-corrected chi connectivity index (χ1v) is 8.19. The van der Waals surface area contributed by atoms with Crippen molar-refractivity contribution in [2.24, 2.45) is 5.92 Å². The van der Waals surface area contributed by atoms with E-state index in [9.17, 15) is 0 Å². The van der Waals surface area contributed by atoms with Gasteiger partial charge in [0.25, 0.3) is 0 Å². The predicted molar refractivity (Wildman–Crippen MR) is 85.2 cm³/mol. The van der Waals surface area contributed by atoms with Crippen LogP contribution in [0.5, 0.6) is 5.75 Å². The Kier molecular flexibility index (Phi) is 5.90. The summed E-state index contributed by atoms with van der Waals surface area (Å²) in [5.74, 6) is 1.94. The van der Waals surface area contributed by atoms with E-state index in [0.29, 0.717) is 6.10 Å². The van der Waals surface area contributed by atoms with Gasteiger partial charge in [0.2, 0.25) is 0 Å². The molecule has 2 atom stereocenters. The van der Waals surface area contributed by atoms with E-state index in [4.69, 9.17) is 4.74 Å². The largest absolute Gasteiger partial charge is 0.490 e. The molecule has 20 heavy (non-hydrogen) atoms. The molecule has 1 aromatic rings. The Labute approximate surface area is 123 Å². The maximum atomic E-state index is 6.33. The molecule has 1 N–H and O–H groups in total. The van der Waals surface area contributed by atoms with Gasteiger partial charge in [0.15, 0.2) is 0 Å². The molecular formula is C18H29NO. The molecule has 0 aliphatic heterocycles. The van der Waals surface area contributed by atoms with Crippen LogP contribution in [-0.4, -0.2) is 12.6 Å². The van der Waals surface area contributed by atoms with Crippen LogP contribution in [0.25, 0.3) is 0 Å². The van der Waals surface area contributed by atoms with Gasteiger partial charge >= 0.3 is 0 Å². The number of rotatable bonds is 6. The lowest BCUT2D eigenvalue weighted by molar-refractivity contribution is 0.121. The quantitative estimate of drug-likeness (QED) is 0.828. The zero-order chi connectivity index (χ0) is 14.4. The molecule has 0 radical (unpaired) electrons. The van der Waals surface area contributed by atoms with Gasteiger partial charge in [-0.25, -0.2) is 0 Å². The summed E-state index contributed by atoms with van der Waals surface area (Å²) in [6, 6.07) is 6.56. The molecule has 0 aromatic heterocycles. The smallest absolute Gasteiger partial charge is 0.124 e. The summed E-state index contributed by atoms with van der Waals surface area (Å²) in [4.78, 5) is 0. The highest BCUT2D eigenvalue weighted by Gasteiger charge is 2.22. The van der Waals surface area contributed by atoms with E-state index in [2.05, 4.69) is 44.3 Å². The van der Waals surface area contributed by atoms with Gasteiger partial charge in [-0.1, -0.05) is 44.4 Å². The number of hydrogen-bond acceptors (Lipinski definition) is 2. The predicted octanol–water partition coefficient (Wildman–Crippen LogP) is 4.45. The average Bonchev–Trinajstić information content (AvgIpc) is 2.47. The molecule has 2 nitrogen and oxygen atoms in total. The lowest BCUT2D eigenvalue weighted by Gasteiger charge is -2.29. The van der Waals surface area contributed by atoms with Crippen molar-refractivity contribution < 1.29 is 4.74 Å². The lowest BCUT2D eigenvalue weighted by Crippen LogP contribution is -2.26. The Morgan fingerprint density at radius 3 is 2.85 bits per heavy atom. The Morgan fingerprint density at radius 2 is 2.10 bits per heavy atom. The normalized spacial score (nSPS) is 22.8. The van der Waals surface area contributed by atoms with Crippen LogP contribution in [0.3, 0.4) is 0 Å². The summed E-state index contributed by atoms with van der Waals surface area (Å²) in [5, 5.41) is 3.41. The minimum Gasteiger partial charge on any atom is -0.490 e. The van der Waals surface area contributed by atoms with Crippen molar-refractivity contribution in [1.82, 2.24) is 5.32 Å². The van der Waals surface area contributed by atoms with Crippen molar-refractivity contribution in [2.45, 2.75) is 65.5 Å². The van der Waals surface area contributed by atoms with Crippen LogP contribution >= 0.6 is 0 Å². The van der Waals surface area contributed by atoms with Crippen LogP contribution in [0, 0.1) is 12.8 Å². The lowest BCUT2D eigenvalue weighted by atomic mass is 9.85. The highest BCUT2D eigenvalue weighted by Crippen LogP contribution is 2.31. The molecule has 0 spiro atoms. The molecule has 112 valence electrons. The molecule has 2 rings (SSSR count). The van der Waals surface area contributed by atoms with Crippen LogP contribution in [0.2, 0.25) is 0 Å². The number of nitrogens with one attached hydrogen (secondary N) is 1. The van der Waals surface area contributed by atoms with Crippen molar-refractivity contribution in [3.05, 3.63) is 29.3 Å². The number of benzene rings is 1. The van der Waals surface area contributed by atoms with Crippen LogP contribution in [0.4, 0.5) is 0 Å². The summed E-state index contributed by atoms with van der Waals surface area (Å²) in [5.41, 5.74) is 2.60. The van der Waals surface area contributed by atoms with Crippen molar-refractivity contribution in [3.8, 4) is 5.75 Å². The highest BCUT2D eigenvalue weighted by molar-refractivity contribution is 5.37. The molecule has 0 saturated heterocycles. The molecule has 1 aromatic carbocycles. The second kappa shape index (κ2) is 7.68. The van der Waals surface area contributed by atoms with Crippen molar-refractivity contribution in [2.75, 3.05) is 6.54 Å². The first-order chi connectivity index (χ1) is 9.72. The summed E-state index contributed by atoms with van der Waals surface area (Å²) in [7, 11) is 0. The Morgan fingerprint density at radius 1 is 1.25 bits per heavy atom. The Bertz CT molecular complexity index is 416. The van der Waals surface area contributed by atoms with E-state index in [0.717, 1.165) is 24.8 Å². The molecule has 1 fully saturated rings. The zero-order valence-electron chi connectivity index (χ0n) is 13.2. The van der Waals surface area contributed by atoms with E-state index in [1.165, 1.54) is 43.2 Å². The first kappa shape index (κ1) is 15.4. The summed E-state index contributed by atoms with van der Waals surface area (Å²) in [6.45, 7) is 8.48. The van der Waals surface area contributed by atoms with Gasteiger partial charge in [0.1, 0.15) is 5.75 Å². The molecule has 1 aliphatic carbocycles. The van der Waals surface area contributed by atoms with E-state index in [1.54, 1.807) is 0 Å². The van der Waals surface area contributed by atoms with Crippen molar-refractivity contribution in [3.63, 3.8) is 0 Å². The number of ether oxygens (including phenoxy) is 1. The average molecular weight is 275 g/mol. The van der Waals surface area contributed by atoms with Crippen molar-refractivity contribution in [1.29, 1.82) is 0 Å². The maximum Gasteiger partial charge on any atom is 0.124 e. The molecular weight excluding hydrogens is 246 g/mol. The second-order valence-electron chi connectivity index (χ2n) is 6.07. The Balaban J connectivity index is 2.03. The monoisotopic (exact) mass is 275 g/mol. The van der Waals surface area contributed by atoms with Crippen LogP contribution in [0.15, 0.2) is 18.2 Å². The molecule has 1 aliphatic rings. The topological polar surface area (TPSA) is 21.3 Å². The van der Waals surface area contributed by atoms with Gasteiger partial charge in [-0.05, 0) is 44.7 Å². The SMILES string of the molecule is CCNCc1cc(C)ccc1OC1CCCC(CC)C1. The van der Waals surface area contributed by atoms with Gasteiger partial charge in [-0.15, -0.1) is 0 Å². The molecule has 0 heterocycles. The van der Waals surface area contributed by atoms with Gasteiger partial charge in [0, 0.05) is 12.1 Å². The van der Waals surface area contributed by atoms with Gasteiger partial charge in [-0.2, -0.15) is 0 Å². The fourth-order valence-corrected chi connectivity index (χ4v) is 3.12. The summed E-state index contributed by atoms with van der Waals surface area (Å²) >= 11 is 0. The summed E-state index contributed by atoms with van der Waals surface area (Å²) in [6.07, 6.45) is 6.84. The summed E-state index contributed by atoms with van der Waals surface area (Å²) < 4.78 is 6.33. The number of hydrogen-bond donors (Lipinski definition) is 1. The minimum atomic E-state index is 0.414. The highest BCUT2D eigenvalue weighted by atomic mass is 16.5. The minimum absolute atomic E-state index is 0.414. The molecule has 2 unspecified atom stereocenters. The van der Waals surface area contributed by atoms with E-state index >= 15 is 0 Å². The van der Waals surface area contributed by atoms with Crippen LogP contribution < -0.4 is 10.1 Å².